The Hall–Kier alpha value is -3.08. The summed E-state index contributed by atoms with van der Waals surface area (Å²) < 4.78 is 11.2. The van der Waals surface area contributed by atoms with Crippen LogP contribution < -0.4 is 0 Å². The summed E-state index contributed by atoms with van der Waals surface area (Å²) in [5.41, 5.74) is 4.36. The summed E-state index contributed by atoms with van der Waals surface area (Å²) >= 11 is 0. The molecule has 0 fully saturated rings. The average molecular weight is 365 g/mol. The van der Waals surface area contributed by atoms with E-state index in [0.29, 0.717) is 5.56 Å². The summed E-state index contributed by atoms with van der Waals surface area (Å²) in [6, 6.07) is 13.0. The number of ether oxygens (including phenoxy) is 1. The minimum atomic E-state index is -0.962. The first-order chi connectivity index (χ1) is 12.9. The number of aryl methyl sites for hydroxylation is 2. The zero-order valence-corrected chi connectivity index (χ0v) is 16.0. The molecule has 5 heteroatoms. The van der Waals surface area contributed by atoms with Crippen molar-refractivity contribution in [2.75, 3.05) is 14.1 Å². The molecule has 27 heavy (non-hydrogen) atoms. The van der Waals surface area contributed by atoms with Crippen molar-refractivity contribution >= 4 is 22.8 Å². The van der Waals surface area contributed by atoms with E-state index in [1.807, 2.05) is 44.2 Å². The molecule has 0 unspecified atom stereocenters. The number of benzene rings is 2. The number of rotatable bonds is 5. The van der Waals surface area contributed by atoms with Crippen molar-refractivity contribution in [3.8, 4) is 0 Å². The first kappa shape index (κ1) is 18.7. The molecular weight excluding hydrogens is 342 g/mol. The topological polar surface area (TPSA) is 59.8 Å². The molecule has 1 aromatic heterocycles. The summed E-state index contributed by atoms with van der Waals surface area (Å²) in [6.07, 6.45) is 0.666. The Labute approximate surface area is 158 Å². The third kappa shape index (κ3) is 3.87. The monoisotopic (exact) mass is 365 g/mol. The van der Waals surface area contributed by atoms with Crippen LogP contribution in [0.2, 0.25) is 0 Å². The molecule has 0 aliphatic heterocycles. The molecule has 0 N–H and O–H groups in total. The van der Waals surface area contributed by atoms with E-state index in [2.05, 4.69) is 0 Å². The maximum atomic E-state index is 12.6. The smallest absolute Gasteiger partial charge is 0.311 e. The fraction of sp³-hybridized carbons (Fsp3) is 0.273. The predicted octanol–water partition coefficient (Wildman–Crippen LogP) is 3.96. The second-order valence-corrected chi connectivity index (χ2v) is 6.84. The molecule has 1 amide bonds. The van der Waals surface area contributed by atoms with E-state index < -0.39 is 12.1 Å². The summed E-state index contributed by atoms with van der Waals surface area (Å²) in [5.74, 6) is -0.752. The number of likely N-dealkylation sites (N-methyl/N-ethyl adjacent to an activating group) is 1. The maximum Gasteiger partial charge on any atom is 0.311 e. The predicted molar refractivity (Wildman–Crippen MR) is 103 cm³/mol. The lowest BCUT2D eigenvalue weighted by Gasteiger charge is -2.21. The van der Waals surface area contributed by atoms with Gasteiger partial charge >= 0.3 is 5.97 Å². The Kier molecular flexibility index (Phi) is 5.31. The number of carbonyl (C=O) groups excluding carboxylic acids is 2. The Bertz CT molecular complexity index is 973. The van der Waals surface area contributed by atoms with E-state index in [9.17, 15) is 9.59 Å². The van der Waals surface area contributed by atoms with Crippen LogP contribution in [0.1, 0.15) is 28.4 Å². The van der Waals surface area contributed by atoms with Crippen LogP contribution in [-0.4, -0.2) is 30.9 Å². The lowest BCUT2D eigenvalue weighted by Crippen LogP contribution is -2.31. The highest BCUT2D eigenvalue weighted by Gasteiger charge is 2.27. The van der Waals surface area contributed by atoms with Gasteiger partial charge in [-0.05, 0) is 25.0 Å². The van der Waals surface area contributed by atoms with Crippen LogP contribution in [0.25, 0.3) is 11.0 Å². The first-order valence-corrected chi connectivity index (χ1v) is 8.80. The summed E-state index contributed by atoms with van der Waals surface area (Å²) in [7, 11) is 3.28. The molecule has 3 aromatic rings. The van der Waals surface area contributed by atoms with Crippen molar-refractivity contribution in [1.29, 1.82) is 0 Å². The molecule has 5 nitrogen and oxygen atoms in total. The second kappa shape index (κ2) is 7.66. The molecule has 1 atom stereocenters. The Morgan fingerprint density at radius 3 is 2.44 bits per heavy atom. The average Bonchev–Trinajstić information content (AvgIpc) is 3.06. The van der Waals surface area contributed by atoms with E-state index in [1.165, 1.54) is 4.90 Å². The Balaban J connectivity index is 1.83. The highest BCUT2D eigenvalue weighted by Crippen LogP contribution is 2.28. The minimum Gasteiger partial charge on any atom is -0.464 e. The summed E-state index contributed by atoms with van der Waals surface area (Å²) in [5, 5.41) is 0.894. The van der Waals surface area contributed by atoms with Gasteiger partial charge in [0.25, 0.3) is 5.91 Å². The van der Waals surface area contributed by atoms with Gasteiger partial charge in [0, 0.05) is 30.6 Å². The molecule has 3 rings (SSSR count). The summed E-state index contributed by atoms with van der Waals surface area (Å²) in [4.78, 5) is 26.5. The molecule has 0 bridgehead atoms. The van der Waals surface area contributed by atoms with Gasteiger partial charge in [-0.2, -0.15) is 0 Å². The SMILES string of the molecule is Cc1ccc2c(CC(=O)O[C@@H](C(=O)N(C)C)c3ccccc3)coc2c1C. The third-order valence-electron chi connectivity index (χ3n) is 4.69. The molecule has 0 aliphatic carbocycles. The third-order valence-corrected chi connectivity index (χ3v) is 4.69. The molecule has 2 aromatic carbocycles. The van der Waals surface area contributed by atoms with Crippen LogP contribution in [0, 0.1) is 13.8 Å². The van der Waals surface area contributed by atoms with Gasteiger partial charge in [-0.25, -0.2) is 0 Å². The Morgan fingerprint density at radius 2 is 1.78 bits per heavy atom. The molecule has 140 valence electrons. The van der Waals surface area contributed by atoms with Gasteiger partial charge < -0.3 is 14.1 Å². The van der Waals surface area contributed by atoms with Gasteiger partial charge in [-0.1, -0.05) is 42.5 Å². The van der Waals surface area contributed by atoms with Crippen molar-refractivity contribution in [2.24, 2.45) is 0 Å². The van der Waals surface area contributed by atoms with Crippen molar-refractivity contribution in [3.05, 3.63) is 71.0 Å². The van der Waals surface area contributed by atoms with Crippen LogP contribution in [0.15, 0.2) is 53.1 Å². The molecule has 1 heterocycles. The fourth-order valence-corrected chi connectivity index (χ4v) is 2.98. The normalized spacial score (nSPS) is 12.0. The highest BCUT2D eigenvalue weighted by atomic mass is 16.5. The largest absolute Gasteiger partial charge is 0.464 e. The number of hydrogen-bond donors (Lipinski definition) is 0. The highest BCUT2D eigenvalue weighted by molar-refractivity contribution is 5.89. The van der Waals surface area contributed by atoms with E-state index in [-0.39, 0.29) is 12.3 Å². The van der Waals surface area contributed by atoms with E-state index in [0.717, 1.165) is 27.7 Å². The van der Waals surface area contributed by atoms with Gasteiger partial charge in [0.2, 0.25) is 6.10 Å². The number of fused-ring (bicyclic) bond motifs is 1. The number of esters is 1. The van der Waals surface area contributed by atoms with Crippen molar-refractivity contribution in [2.45, 2.75) is 26.4 Å². The van der Waals surface area contributed by atoms with Gasteiger partial charge in [-0.15, -0.1) is 0 Å². The minimum absolute atomic E-state index is 0.0412. The molecular formula is C22H23NO4. The zero-order chi connectivity index (χ0) is 19.6. The van der Waals surface area contributed by atoms with E-state index in [4.69, 9.17) is 9.15 Å². The molecule has 0 saturated heterocycles. The maximum absolute atomic E-state index is 12.6. The number of furan rings is 1. The van der Waals surface area contributed by atoms with Crippen LogP contribution in [0.5, 0.6) is 0 Å². The van der Waals surface area contributed by atoms with Crippen molar-refractivity contribution < 1.29 is 18.7 Å². The van der Waals surface area contributed by atoms with E-state index in [1.54, 1.807) is 32.5 Å². The van der Waals surface area contributed by atoms with Crippen LogP contribution in [0.4, 0.5) is 0 Å². The van der Waals surface area contributed by atoms with Gasteiger partial charge in [-0.3, -0.25) is 9.59 Å². The van der Waals surface area contributed by atoms with Crippen LogP contribution in [-0.2, 0) is 20.7 Å². The van der Waals surface area contributed by atoms with Crippen molar-refractivity contribution in [1.82, 2.24) is 4.90 Å². The van der Waals surface area contributed by atoms with Gasteiger partial charge in [0.1, 0.15) is 5.58 Å². The van der Waals surface area contributed by atoms with Crippen LogP contribution in [0.3, 0.4) is 0 Å². The zero-order valence-electron chi connectivity index (χ0n) is 16.0. The van der Waals surface area contributed by atoms with Gasteiger partial charge in [0.05, 0.1) is 12.7 Å². The molecule has 0 aliphatic rings. The number of nitrogens with zero attached hydrogens (tertiary/aromatic N) is 1. The van der Waals surface area contributed by atoms with E-state index >= 15 is 0 Å². The Morgan fingerprint density at radius 1 is 1.07 bits per heavy atom. The van der Waals surface area contributed by atoms with Crippen molar-refractivity contribution in [3.63, 3.8) is 0 Å². The number of hydrogen-bond acceptors (Lipinski definition) is 4. The summed E-state index contributed by atoms with van der Waals surface area (Å²) in [6.45, 7) is 4.01. The lowest BCUT2D eigenvalue weighted by molar-refractivity contribution is -0.159. The number of amides is 1. The molecule has 0 saturated carbocycles. The molecule has 0 spiro atoms. The quantitative estimate of drug-likeness (QED) is 0.642. The van der Waals surface area contributed by atoms with Gasteiger partial charge in [0.15, 0.2) is 0 Å². The standard InChI is InChI=1S/C22H23NO4/c1-14-10-11-18-17(13-26-20(18)15(14)2)12-19(24)27-21(22(25)23(3)4)16-8-6-5-7-9-16/h5-11,13,21H,12H2,1-4H3/t21-/m1/s1. The van der Waals surface area contributed by atoms with Crippen LogP contribution >= 0.6 is 0 Å². The number of carbonyl (C=O) groups is 2. The fourth-order valence-electron chi connectivity index (χ4n) is 2.98. The lowest BCUT2D eigenvalue weighted by atomic mass is 10.0. The molecule has 0 radical (unpaired) electrons. The first-order valence-electron chi connectivity index (χ1n) is 8.80. The second-order valence-electron chi connectivity index (χ2n) is 6.84.